The second-order valence-corrected chi connectivity index (χ2v) is 9.66. The van der Waals surface area contributed by atoms with Gasteiger partial charge in [-0.2, -0.15) is 0 Å². The molecule has 2 atom stereocenters. The Labute approximate surface area is 208 Å². The van der Waals surface area contributed by atoms with Crippen LogP contribution in [0, 0.1) is 0 Å². The second kappa shape index (κ2) is 8.82. The van der Waals surface area contributed by atoms with Crippen LogP contribution in [0.25, 0.3) is 11.1 Å². The standard InChI is InChI=1S/C29H26N2O5/c32-27(33)26-17-29(16-25(30-36-29)19-8-2-1-3-9-19)14-15-31(26)28(34)35-18-24-22-12-6-4-10-20(22)21-11-5-7-13-23(21)24/h1-13,24,26H,14-18H2,(H,32,33)/t26-,29+/m1/s1. The zero-order chi connectivity index (χ0) is 24.7. The normalized spacial score (nSPS) is 22.5. The Morgan fingerprint density at radius 2 is 1.61 bits per heavy atom. The maximum absolute atomic E-state index is 13.2. The van der Waals surface area contributed by atoms with E-state index < -0.39 is 23.7 Å². The van der Waals surface area contributed by atoms with Crippen molar-refractivity contribution in [3.8, 4) is 11.1 Å². The smallest absolute Gasteiger partial charge is 0.410 e. The third-order valence-electron chi connectivity index (χ3n) is 7.55. The molecule has 1 spiro atoms. The van der Waals surface area contributed by atoms with Gasteiger partial charge in [0.05, 0.1) is 5.71 Å². The number of ether oxygens (including phenoxy) is 1. The number of oxime groups is 1. The number of fused-ring (bicyclic) bond motifs is 3. The molecule has 6 rings (SSSR count). The lowest BCUT2D eigenvalue weighted by Gasteiger charge is -2.40. The van der Waals surface area contributed by atoms with Gasteiger partial charge in [-0.15, -0.1) is 0 Å². The molecule has 1 saturated heterocycles. The van der Waals surface area contributed by atoms with E-state index >= 15 is 0 Å². The first-order chi connectivity index (χ1) is 17.5. The molecule has 1 aliphatic carbocycles. The highest BCUT2D eigenvalue weighted by atomic mass is 16.7. The molecule has 0 bridgehead atoms. The minimum Gasteiger partial charge on any atom is -0.480 e. The molecular weight excluding hydrogens is 456 g/mol. The predicted molar refractivity (Wildman–Crippen MR) is 134 cm³/mol. The van der Waals surface area contributed by atoms with Crippen molar-refractivity contribution < 1.29 is 24.3 Å². The largest absolute Gasteiger partial charge is 0.480 e. The number of carbonyl (C=O) groups excluding carboxylic acids is 1. The zero-order valence-corrected chi connectivity index (χ0v) is 19.7. The lowest BCUT2D eigenvalue weighted by molar-refractivity contribution is -0.151. The van der Waals surface area contributed by atoms with E-state index in [2.05, 4.69) is 29.4 Å². The molecule has 182 valence electrons. The highest BCUT2D eigenvalue weighted by Crippen LogP contribution is 2.45. The summed E-state index contributed by atoms with van der Waals surface area (Å²) in [6.45, 7) is 0.379. The summed E-state index contributed by atoms with van der Waals surface area (Å²) in [4.78, 5) is 32.5. The van der Waals surface area contributed by atoms with Crippen LogP contribution in [-0.2, 0) is 14.4 Å². The highest BCUT2D eigenvalue weighted by Gasteiger charge is 2.50. The molecule has 7 heteroatoms. The van der Waals surface area contributed by atoms with Crippen LogP contribution < -0.4 is 0 Å². The molecule has 1 fully saturated rings. The first-order valence-corrected chi connectivity index (χ1v) is 12.2. The van der Waals surface area contributed by atoms with Crippen molar-refractivity contribution in [1.29, 1.82) is 0 Å². The maximum Gasteiger partial charge on any atom is 0.410 e. The fourth-order valence-corrected chi connectivity index (χ4v) is 5.71. The molecule has 1 N–H and O–H groups in total. The lowest BCUT2D eigenvalue weighted by atomic mass is 9.82. The lowest BCUT2D eigenvalue weighted by Crippen LogP contribution is -2.56. The molecule has 3 aromatic carbocycles. The fraction of sp³-hybridized carbons (Fsp3) is 0.276. The number of benzene rings is 3. The summed E-state index contributed by atoms with van der Waals surface area (Å²) in [6.07, 6.45) is 0.549. The van der Waals surface area contributed by atoms with Gasteiger partial charge in [0.15, 0.2) is 0 Å². The first kappa shape index (κ1) is 22.3. The molecule has 3 aromatic rings. The van der Waals surface area contributed by atoms with Crippen LogP contribution in [0.3, 0.4) is 0 Å². The molecular formula is C29H26N2O5. The van der Waals surface area contributed by atoms with Crippen molar-refractivity contribution in [3.63, 3.8) is 0 Å². The van der Waals surface area contributed by atoms with Gasteiger partial charge in [0.1, 0.15) is 18.2 Å². The monoisotopic (exact) mass is 482 g/mol. The van der Waals surface area contributed by atoms with E-state index in [1.807, 2.05) is 54.6 Å². The van der Waals surface area contributed by atoms with Crippen molar-refractivity contribution in [2.45, 2.75) is 36.8 Å². The van der Waals surface area contributed by atoms with E-state index in [-0.39, 0.29) is 25.5 Å². The predicted octanol–water partition coefficient (Wildman–Crippen LogP) is 5.05. The summed E-state index contributed by atoms with van der Waals surface area (Å²) in [5.41, 5.74) is 5.55. The van der Waals surface area contributed by atoms with Crippen molar-refractivity contribution in [2.24, 2.45) is 5.16 Å². The van der Waals surface area contributed by atoms with Crippen LogP contribution >= 0.6 is 0 Å². The number of carboxylic acid groups (broad SMARTS) is 1. The molecule has 7 nitrogen and oxygen atoms in total. The Morgan fingerprint density at radius 3 is 2.28 bits per heavy atom. The average Bonchev–Trinajstić information content (AvgIpc) is 3.47. The Hall–Kier alpha value is -4.13. The van der Waals surface area contributed by atoms with Gasteiger partial charge < -0.3 is 14.7 Å². The van der Waals surface area contributed by atoms with Gasteiger partial charge in [-0.05, 0) is 27.8 Å². The summed E-state index contributed by atoms with van der Waals surface area (Å²) in [5, 5.41) is 14.2. The van der Waals surface area contributed by atoms with Crippen LogP contribution in [0.4, 0.5) is 4.79 Å². The molecule has 1 amide bonds. The quantitative estimate of drug-likeness (QED) is 0.562. The Morgan fingerprint density at radius 1 is 0.972 bits per heavy atom. The van der Waals surface area contributed by atoms with Crippen LogP contribution in [0.1, 0.15) is 41.9 Å². The van der Waals surface area contributed by atoms with Crippen molar-refractivity contribution in [2.75, 3.05) is 13.2 Å². The molecule has 2 aliphatic heterocycles. The number of carbonyl (C=O) groups is 2. The number of amides is 1. The van der Waals surface area contributed by atoms with Crippen molar-refractivity contribution >= 4 is 17.8 Å². The Bertz CT molecular complexity index is 1310. The number of hydrogen-bond acceptors (Lipinski definition) is 5. The van der Waals surface area contributed by atoms with Crippen LogP contribution in [0.15, 0.2) is 84.0 Å². The first-order valence-electron chi connectivity index (χ1n) is 12.2. The SMILES string of the molecule is O=C(O)[C@H]1C[C@]2(CCN1C(=O)OCC1c3ccccc3-c3ccccc31)CC(c1ccccc1)=NO2. The second-order valence-electron chi connectivity index (χ2n) is 9.66. The minimum absolute atomic E-state index is 0.0826. The van der Waals surface area contributed by atoms with E-state index in [1.54, 1.807) is 0 Å². The molecule has 0 unspecified atom stereocenters. The van der Waals surface area contributed by atoms with E-state index in [0.717, 1.165) is 33.5 Å². The van der Waals surface area contributed by atoms with Gasteiger partial charge >= 0.3 is 12.1 Å². The summed E-state index contributed by atoms with van der Waals surface area (Å²) in [7, 11) is 0. The number of aliphatic carboxylic acids is 1. The topological polar surface area (TPSA) is 88.4 Å². The Balaban J connectivity index is 1.15. The van der Waals surface area contributed by atoms with E-state index in [4.69, 9.17) is 9.57 Å². The van der Waals surface area contributed by atoms with Crippen molar-refractivity contribution in [1.82, 2.24) is 4.90 Å². The van der Waals surface area contributed by atoms with Gasteiger partial charge in [-0.25, -0.2) is 9.59 Å². The number of rotatable bonds is 4. The molecule has 2 heterocycles. The van der Waals surface area contributed by atoms with Crippen LogP contribution in [-0.4, -0.2) is 52.6 Å². The van der Waals surface area contributed by atoms with Gasteiger partial charge in [-0.1, -0.05) is 84.0 Å². The van der Waals surface area contributed by atoms with Crippen LogP contribution in [0.5, 0.6) is 0 Å². The fourth-order valence-electron chi connectivity index (χ4n) is 5.71. The number of hydrogen-bond donors (Lipinski definition) is 1. The number of nitrogens with zero attached hydrogens (tertiary/aromatic N) is 2. The van der Waals surface area contributed by atoms with Gasteiger partial charge in [0.25, 0.3) is 0 Å². The van der Waals surface area contributed by atoms with Gasteiger partial charge in [-0.3, -0.25) is 4.90 Å². The summed E-state index contributed by atoms with van der Waals surface area (Å²) < 4.78 is 5.76. The number of likely N-dealkylation sites (tertiary alicyclic amines) is 1. The minimum atomic E-state index is -1.07. The zero-order valence-electron chi connectivity index (χ0n) is 19.7. The molecule has 0 aromatic heterocycles. The van der Waals surface area contributed by atoms with Crippen LogP contribution in [0.2, 0.25) is 0 Å². The summed E-state index contributed by atoms with van der Waals surface area (Å²) in [6, 6.07) is 24.9. The van der Waals surface area contributed by atoms with E-state index in [9.17, 15) is 14.7 Å². The summed E-state index contributed by atoms with van der Waals surface area (Å²) >= 11 is 0. The molecule has 3 aliphatic rings. The van der Waals surface area contributed by atoms with E-state index in [0.29, 0.717) is 12.8 Å². The average molecular weight is 483 g/mol. The molecule has 36 heavy (non-hydrogen) atoms. The summed E-state index contributed by atoms with van der Waals surface area (Å²) in [5.74, 6) is -1.15. The molecule has 0 saturated carbocycles. The van der Waals surface area contributed by atoms with Gasteiger partial charge in [0.2, 0.25) is 0 Å². The molecule has 0 radical (unpaired) electrons. The highest BCUT2D eigenvalue weighted by molar-refractivity contribution is 6.01. The third kappa shape index (κ3) is 3.81. The Kier molecular flexibility index (Phi) is 5.48. The number of carboxylic acids is 1. The number of piperidine rings is 1. The maximum atomic E-state index is 13.2. The van der Waals surface area contributed by atoms with Gasteiger partial charge in [0, 0.05) is 31.7 Å². The third-order valence-corrected chi connectivity index (χ3v) is 7.55. The van der Waals surface area contributed by atoms with E-state index in [1.165, 1.54) is 4.90 Å². The van der Waals surface area contributed by atoms with Crippen molar-refractivity contribution in [3.05, 3.63) is 95.6 Å².